The van der Waals surface area contributed by atoms with Gasteiger partial charge >= 0.3 is 0 Å². The summed E-state index contributed by atoms with van der Waals surface area (Å²) in [5, 5.41) is 25.9. The van der Waals surface area contributed by atoms with Crippen molar-refractivity contribution in [3.63, 3.8) is 0 Å². The maximum absolute atomic E-state index is 10.9. The molecule has 1 aromatic rings. The first kappa shape index (κ1) is 20.9. The Morgan fingerprint density at radius 1 is 1.06 bits per heavy atom. The fraction of sp³-hybridized carbons (Fsp3) is 0.720. The summed E-state index contributed by atoms with van der Waals surface area (Å²) < 4.78 is 0. The number of aliphatic hydroxyl groups is 1. The van der Waals surface area contributed by atoms with E-state index in [0.717, 1.165) is 36.8 Å². The van der Waals surface area contributed by atoms with E-state index < -0.39 is 0 Å². The molecular formula is C25H35N3O3. The maximum Gasteiger partial charge on any atom is 0.269 e. The number of non-ortho nitro benzene ring substituents is 1. The summed E-state index contributed by atoms with van der Waals surface area (Å²) in [5.41, 5.74) is 5.92. The van der Waals surface area contributed by atoms with Crippen molar-refractivity contribution < 1.29 is 10.0 Å². The van der Waals surface area contributed by atoms with Gasteiger partial charge in [-0.1, -0.05) is 13.8 Å². The van der Waals surface area contributed by atoms with Crippen LogP contribution in [0.2, 0.25) is 0 Å². The highest BCUT2D eigenvalue weighted by Gasteiger charge is 2.59. The molecule has 1 aromatic carbocycles. The van der Waals surface area contributed by atoms with Crippen LogP contribution in [0.1, 0.15) is 71.6 Å². The highest BCUT2D eigenvalue weighted by molar-refractivity contribution is 5.93. The molecule has 5 rings (SSSR count). The molecule has 0 bridgehead atoms. The van der Waals surface area contributed by atoms with Crippen LogP contribution in [0.25, 0.3) is 0 Å². The van der Waals surface area contributed by atoms with Crippen LogP contribution in [-0.4, -0.2) is 21.8 Å². The van der Waals surface area contributed by atoms with E-state index in [4.69, 9.17) is 5.10 Å². The Kier molecular flexibility index (Phi) is 5.11. The lowest BCUT2D eigenvalue weighted by molar-refractivity contribution is -0.384. The number of nitrogens with one attached hydrogen (secondary N) is 1. The van der Waals surface area contributed by atoms with Gasteiger partial charge in [-0.3, -0.25) is 15.5 Å². The Bertz CT molecular complexity index is 885. The molecule has 0 unspecified atom stereocenters. The molecule has 6 heteroatoms. The lowest BCUT2D eigenvalue weighted by atomic mass is 9.45. The monoisotopic (exact) mass is 425 g/mol. The first-order valence-corrected chi connectivity index (χ1v) is 12.1. The fourth-order valence-corrected chi connectivity index (χ4v) is 8.00. The first-order valence-electron chi connectivity index (χ1n) is 12.1. The number of aliphatic hydroxyl groups excluding tert-OH is 1. The summed E-state index contributed by atoms with van der Waals surface area (Å²) in [7, 11) is 0. The molecular weight excluding hydrogens is 390 g/mol. The number of nitro groups is 1. The average molecular weight is 426 g/mol. The van der Waals surface area contributed by atoms with Gasteiger partial charge in [0.2, 0.25) is 0 Å². The molecule has 0 heterocycles. The van der Waals surface area contributed by atoms with Crippen LogP contribution in [0.5, 0.6) is 0 Å². The van der Waals surface area contributed by atoms with Crippen LogP contribution in [-0.2, 0) is 0 Å². The van der Waals surface area contributed by atoms with Crippen molar-refractivity contribution in [3.8, 4) is 0 Å². The van der Waals surface area contributed by atoms with Crippen molar-refractivity contribution >= 4 is 17.1 Å². The van der Waals surface area contributed by atoms with Gasteiger partial charge in [0.15, 0.2) is 0 Å². The summed E-state index contributed by atoms with van der Waals surface area (Å²) in [4.78, 5) is 10.5. The number of anilines is 1. The molecule has 4 aliphatic rings. The Morgan fingerprint density at radius 2 is 1.84 bits per heavy atom. The van der Waals surface area contributed by atoms with Gasteiger partial charge in [-0.25, -0.2) is 0 Å². The van der Waals surface area contributed by atoms with Gasteiger partial charge in [-0.2, -0.15) is 5.10 Å². The molecule has 0 aliphatic heterocycles. The second kappa shape index (κ2) is 7.58. The molecule has 2 N–H and O–H groups in total. The van der Waals surface area contributed by atoms with E-state index in [9.17, 15) is 15.2 Å². The highest BCUT2D eigenvalue weighted by Crippen LogP contribution is 2.65. The van der Waals surface area contributed by atoms with Crippen molar-refractivity contribution in [2.45, 2.75) is 77.7 Å². The maximum atomic E-state index is 10.9. The third-order valence-electron chi connectivity index (χ3n) is 9.78. The molecule has 31 heavy (non-hydrogen) atoms. The van der Waals surface area contributed by atoms with Crippen molar-refractivity contribution in [3.05, 3.63) is 34.4 Å². The fourth-order valence-electron chi connectivity index (χ4n) is 8.00. The minimum absolute atomic E-state index is 0.0841. The number of benzene rings is 1. The van der Waals surface area contributed by atoms with Crippen molar-refractivity contribution in [2.75, 3.05) is 5.43 Å². The second-order valence-electron chi connectivity index (χ2n) is 11.1. The number of nitrogens with zero attached hydrogens (tertiary/aromatic N) is 2. The molecule has 4 aliphatic carbocycles. The number of hydrogen-bond acceptors (Lipinski definition) is 5. The molecule has 0 spiro atoms. The topological polar surface area (TPSA) is 87.8 Å². The largest absolute Gasteiger partial charge is 0.393 e. The summed E-state index contributed by atoms with van der Waals surface area (Å²) in [6, 6.07) is 6.50. The summed E-state index contributed by atoms with van der Waals surface area (Å²) in [6.45, 7) is 4.96. The molecule has 7 atom stereocenters. The van der Waals surface area contributed by atoms with E-state index in [1.165, 1.54) is 56.4 Å². The van der Waals surface area contributed by atoms with Crippen molar-refractivity contribution in [1.82, 2.24) is 0 Å². The van der Waals surface area contributed by atoms with E-state index in [1.54, 1.807) is 12.1 Å². The molecule has 168 valence electrons. The van der Waals surface area contributed by atoms with Crippen LogP contribution >= 0.6 is 0 Å². The van der Waals surface area contributed by atoms with Crippen LogP contribution in [0.15, 0.2) is 29.4 Å². The molecule has 4 fully saturated rings. The lowest BCUT2D eigenvalue weighted by Crippen LogP contribution is -2.54. The van der Waals surface area contributed by atoms with E-state index in [0.29, 0.717) is 17.3 Å². The Hall–Kier alpha value is -1.95. The Morgan fingerprint density at radius 3 is 2.58 bits per heavy atom. The van der Waals surface area contributed by atoms with Crippen LogP contribution in [0, 0.1) is 44.6 Å². The molecule has 0 saturated heterocycles. The summed E-state index contributed by atoms with van der Waals surface area (Å²) >= 11 is 0. The number of fused-ring (bicyclic) bond motifs is 5. The number of hydrazone groups is 1. The van der Waals surface area contributed by atoms with Crippen LogP contribution in [0.4, 0.5) is 11.4 Å². The van der Waals surface area contributed by atoms with Gasteiger partial charge in [0.05, 0.1) is 16.7 Å². The Labute approximate surface area is 184 Å². The quantitative estimate of drug-likeness (QED) is 0.475. The van der Waals surface area contributed by atoms with E-state index in [1.807, 2.05) is 0 Å². The zero-order valence-corrected chi connectivity index (χ0v) is 18.7. The lowest BCUT2D eigenvalue weighted by Gasteiger charge is -2.60. The Balaban J connectivity index is 1.33. The summed E-state index contributed by atoms with van der Waals surface area (Å²) in [6.07, 6.45) is 10.4. The van der Waals surface area contributed by atoms with Crippen molar-refractivity contribution in [2.24, 2.45) is 39.6 Å². The number of nitro benzene ring substituents is 1. The third-order valence-corrected chi connectivity index (χ3v) is 9.78. The normalized spacial score (nSPS) is 43.1. The van der Waals surface area contributed by atoms with Gasteiger partial charge in [-0.15, -0.1) is 0 Å². The zero-order valence-electron chi connectivity index (χ0n) is 18.7. The molecule has 6 nitrogen and oxygen atoms in total. The van der Waals surface area contributed by atoms with E-state index in [2.05, 4.69) is 19.3 Å². The third kappa shape index (κ3) is 3.38. The number of rotatable bonds is 3. The predicted octanol–water partition coefficient (Wildman–Crippen LogP) is 5.77. The molecule has 4 saturated carbocycles. The average Bonchev–Trinajstić information content (AvgIpc) is 3.09. The van der Waals surface area contributed by atoms with Crippen molar-refractivity contribution in [1.29, 1.82) is 0 Å². The smallest absolute Gasteiger partial charge is 0.269 e. The first-order chi connectivity index (χ1) is 14.8. The summed E-state index contributed by atoms with van der Waals surface area (Å²) in [5.74, 6) is 2.97. The van der Waals surface area contributed by atoms with Gasteiger partial charge < -0.3 is 5.11 Å². The second-order valence-corrected chi connectivity index (χ2v) is 11.1. The molecule has 0 aromatic heterocycles. The van der Waals surface area contributed by atoms with Crippen LogP contribution in [0.3, 0.4) is 0 Å². The van der Waals surface area contributed by atoms with Crippen LogP contribution < -0.4 is 5.43 Å². The predicted molar refractivity (Wildman–Crippen MR) is 122 cm³/mol. The minimum atomic E-state index is -0.376. The van der Waals surface area contributed by atoms with Gasteiger partial charge in [-0.05, 0) is 99.0 Å². The van der Waals surface area contributed by atoms with Gasteiger partial charge in [0.25, 0.3) is 5.69 Å². The van der Waals surface area contributed by atoms with E-state index in [-0.39, 0.29) is 22.1 Å². The molecule has 0 amide bonds. The van der Waals surface area contributed by atoms with Gasteiger partial charge in [0.1, 0.15) is 0 Å². The van der Waals surface area contributed by atoms with E-state index >= 15 is 0 Å². The standard InChI is InChI=1S/C25H35N3O3/c1-24-13-11-19(29)15-16(24)3-8-20-21-9-10-23(25(21,2)14-12-22(20)24)27-26-17-4-6-18(7-5-17)28(30)31/h4-7,16,19-22,26,29H,3,8-15H2,1-2H3/b27-23-/t16-,19+,20-,21-,22-,24-,25-/m0/s1. The highest BCUT2D eigenvalue weighted by atomic mass is 16.6. The molecule has 0 radical (unpaired) electrons. The zero-order chi connectivity index (χ0) is 21.8. The van der Waals surface area contributed by atoms with Gasteiger partial charge in [0, 0.05) is 23.3 Å². The SMILES string of the molecule is C[C@]12CC[C@@H](O)C[C@@H]1CC[C@@H]1[C@@H]2CC[C@]2(C)/C(=N\Nc3ccc([N+](=O)[O-])cc3)CC[C@@H]12. The number of hydrogen-bond donors (Lipinski definition) is 2. The minimum Gasteiger partial charge on any atom is -0.393 e.